The van der Waals surface area contributed by atoms with E-state index in [1.165, 1.54) is 12.8 Å². The van der Waals surface area contributed by atoms with Crippen molar-refractivity contribution in [3.63, 3.8) is 0 Å². The molecular weight excluding hydrogens is 294 g/mol. The molecule has 1 fully saturated rings. The quantitative estimate of drug-likeness (QED) is 0.675. The van der Waals surface area contributed by atoms with Crippen LogP contribution in [0.3, 0.4) is 0 Å². The summed E-state index contributed by atoms with van der Waals surface area (Å²) in [5.74, 6) is 1.91. The molecule has 0 bridgehead atoms. The lowest BCUT2D eigenvalue weighted by Gasteiger charge is -2.01. The Labute approximate surface area is 123 Å². The largest absolute Gasteiger partial charge is 0.333 e. The van der Waals surface area contributed by atoms with Crippen molar-refractivity contribution in [3.05, 3.63) is 29.7 Å². The number of hydrogen-bond acceptors (Lipinski definition) is 7. The molecule has 3 heterocycles. The summed E-state index contributed by atoms with van der Waals surface area (Å²) in [7, 11) is 0. The topological polar surface area (TPSA) is 69.6 Å². The number of nitrogens with zero attached hydrogens (tertiary/aromatic N) is 5. The monoisotopic (exact) mass is 305 g/mol. The molecule has 20 heavy (non-hydrogen) atoms. The van der Waals surface area contributed by atoms with E-state index in [1.807, 2.05) is 17.5 Å². The van der Waals surface area contributed by atoms with Crippen LogP contribution in [0.15, 0.2) is 33.5 Å². The van der Waals surface area contributed by atoms with E-state index in [0.29, 0.717) is 23.5 Å². The van der Waals surface area contributed by atoms with Crippen LogP contribution < -0.4 is 0 Å². The maximum Gasteiger partial charge on any atom is 0.268 e. The van der Waals surface area contributed by atoms with Gasteiger partial charge < -0.3 is 9.09 Å². The summed E-state index contributed by atoms with van der Waals surface area (Å²) in [6, 6.07) is 4.52. The van der Waals surface area contributed by atoms with Crippen molar-refractivity contribution in [1.82, 2.24) is 24.9 Å². The van der Waals surface area contributed by atoms with Crippen molar-refractivity contribution in [2.75, 3.05) is 0 Å². The number of aromatic nitrogens is 5. The van der Waals surface area contributed by atoms with Crippen LogP contribution in [0.4, 0.5) is 0 Å². The zero-order valence-corrected chi connectivity index (χ0v) is 12.1. The third kappa shape index (κ3) is 2.36. The Morgan fingerprint density at radius 1 is 1.45 bits per heavy atom. The average molecular weight is 305 g/mol. The van der Waals surface area contributed by atoms with Crippen LogP contribution in [0.1, 0.15) is 24.7 Å². The zero-order chi connectivity index (χ0) is 13.4. The average Bonchev–Trinajstić information content (AvgIpc) is 2.93. The lowest BCUT2D eigenvalue weighted by molar-refractivity contribution is 0.426. The molecule has 4 rings (SSSR count). The van der Waals surface area contributed by atoms with Crippen molar-refractivity contribution < 1.29 is 4.52 Å². The molecule has 8 heteroatoms. The third-order valence-electron chi connectivity index (χ3n) is 3.01. The SMILES string of the molecule is c1csc(-c2nc(CSc3nncn3C3CC3)no2)c1. The lowest BCUT2D eigenvalue weighted by atomic mass is 10.5. The summed E-state index contributed by atoms with van der Waals surface area (Å²) in [4.78, 5) is 5.39. The predicted molar refractivity (Wildman–Crippen MR) is 75.5 cm³/mol. The maximum absolute atomic E-state index is 5.26. The summed E-state index contributed by atoms with van der Waals surface area (Å²) in [6.07, 6.45) is 4.24. The molecule has 1 aliphatic carbocycles. The van der Waals surface area contributed by atoms with E-state index in [4.69, 9.17) is 4.52 Å². The van der Waals surface area contributed by atoms with Crippen LogP contribution in [0, 0.1) is 0 Å². The number of hydrogen-bond donors (Lipinski definition) is 0. The van der Waals surface area contributed by atoms with Gasteiger partial charge in [-0.2, -0.15) is 4.98 Å². The second kappa shape index (κ2) is 5.02. The molecule has 1 aliphatic rings. The molecule has 0 aromatic carbocycles. The molecule has 0 unspecified atom stereocenters. The Hall–Kier alpha value is -1.67. The molecule has 3 aromatic heterocycles. The molecule has 6 nitrogen and oxygen atoms in total. The van der Waals surface area contributed by atoms with E-state index in [2.05, 4.69) is 24.9 Å². The van der Waals surface area contributed by atoms with Crippen LogP contribution >= 0.6 is 23.1 Å². The van der Waals surface area contributed by atoms with E-state index < -0.39 is 0 Å². The number of thiophene rings is 1. The minimum absolute atomic E-state index is 0.583. The molecule has 0 atom stereocenters. The Morgan fingerprint density at radius 2 is 2.40 bits per heavy atom. The van der Waals surface area contributed by atoms with Crippen molar-refractivity contribution >= 4 is 23.1 Å². The van der Waals surface area contributed by atoms with Crippen molar-refractivity contribution in [3.8, 4) is 10.8 Å². The first kappa shape index (κ1) is 12.1. The van der Waals surface area contributed by atoms with Crippen LogP contribution in [0.25, 0.3) is 10.8 Å². The molecule has 0 amide bonds. The minimum atomic E-state index is 0.583. The Bertz CT molecular complexity index is 701. The van der Waals surface area contributed by atoms with Crippen LogP contribution in [-0.4, -0.2) is 24.9 Å². The lowest BCUT2D eigenvalue weighted by Crippen LogP contribution is -1.95. The maximum atomic E-state index is 5.26. The summed E-state index contributed by atoms with van der Waals surface area (Å²) in [5.41, 5.74) is 0. The van der Waals surface area contributed by atoms with Crippen LogP contribution in [0.5, 0.6) is 0 Å². The molecule has 0 radical (unpaired) electrons. The Morgan fingerprint density at radius 3 is 3.20 bits per heavy atom. The minimum Gasteiger partial charge on any atom is -0.333 e. The van der Waals surface area contributed by atoms with E-state index in [1.54, 1.807) is 29.4 Å². The molecular formula is C12H11N5OS2. The summed E-state index contributed by atoms with van der Waals surface area (Å²) >= 11 is 3.18. The fraction of sp³-hybridized carbons (Fsp3) is 0.333. The first-order chi connectivity index (χ1) is 9.90. The third-order valence-corrected chi connectivity index (χ3v) is 4.82. The van der Waals surface area contributed by atoms with E-state index in [9.17, 15) is 0 Å². The van der Waals surface area contributed by atoms with Gasteiger partial charge >= 0.3 is 0 Å². The highest BCUT2D eigenvalue weighted by atomic mass is 32.2. The smallest absolute Gasteiger partial charge is 0.268 e. The first-order valence-corrected chi connectivity index (χ1v) is 8.15. The molecule has 0 spiro atoms. The van der Waals surface area contributed by atoms with Crippen LogP contribution in [0.2, 0.25) is 0 Å². The molecule has 102 valence electrons. The zero-order valence-electron chi connectivity index (χ0n) is 10.5. The fourth-order valence-electron chi connectivity index (χ4n) is 1.88. The van der Waals surface area contributed by atoms with Gasteiger partial charge in [0.2, 0.25) is 0 Å². The molecule has 3 aromatic rings. The van der Waals surface area contributed by atoms with Gasteiger partial charge in [-0.05, 0) is 24.3 Å². The van der Waals surface area contributed by atoms with Gasteiger partial charge in [0.25, 0.3) is 5.89 Å². The van der Waals surface area contributed by atoms with E-state index in [0.717, 1.165) is 10.0 Å². The van der Waals surface area contributed by atoms with E-state index in [-0.39, 0.29) is 0 Å². The van der Waals surface area contributed by atoms with Crippen molar-refractivity contribution in [2.45, 2.75) is 29.8 Å². The van der Waals surface area contributed by atoms with Crippen molar-refractivity contribution in [1.29, 1.82) is 0 Å². The number of rotatable bonds is 5. The second-order valence-electron chi connectivity index (χ2n) is 4.53. The number of thioether (sulfide) groups is 1. The summed E-state index contributed by atoms with van der Waals surface area (Å²) < 4.78 is 7.39. The predicted octanol–water partition coefficient (Wildman–Crippen LogP) is 3.02. The fourth-order valence-corrected chi connectivity index (χ4v) is 3.35. The first-order valence-electron chi connectivity index (χ1n) is 6.29. The van der Waals surface area contributed by atoms with Gasteiger partial charge in [0, 0.05) is 6.04 Å². The van der Waals surface area contributed by atoms with Gasteiger partial charge in [-0.1, -0.05) is 23.0 Å². The summed E-state index contributed by atoms with van der Waals surface area (Å²) in [6.45, 7) is 0. The van der Waals surface area contributed by atoms with Gasteiger partial charge in [0.1, 0.15) is 6.33 Å². The van der Waals surface area contributed by atoms with Gasteiger partial charge in [-0.15, -0.1) is 21.5 Å². The van der Waals surface area contributed by atoms with Crippen molar-refractivity contribution in [2.24, 2.45) is 0 Å². The highest BCUT2D eigenvalue weighted by Gasteiger charge is 2.26. The molecule has 1 saturated carbocycles. The highest BCUT2D eigenvalue weighted by molar-refractivity contribution is 7.98. The highest BCUT2D eigenvalue weighted by Crippen LogP contribution is 2.37. The summed E-state index contributed by atoms with van der Waals surface area (Å²) in [5, 5.41) is 15.0. The standard InChI is InChI=1S/C12H11N5OS2/c1-2-9(19-5-1)11-14-10(16-18-11)6-20-12-15-13-7-17(12)8-3-4-8/h1-2,5,7-8H,3-4,6H2. The van der Waals surface area contributed by atoms with Gasteiger partial charge in [-0.3, -0.25) is 0 Å². The van der Waals surface area contributed by atoms with Gasteiger partial charge in [-0.25, -0.2) is 0 Å². The normalized spacial score (nSPS) is 14.8. The Balaban J connectivity index is 1.45. The molecule has 0 N–H and O–H groups in total. The second-order valence-corrected chi connectivity index (χ2v) is 6.42. The molecule has 0 aliphatic heterocycles. The van der Waals surface area contributed by atoms with Gasteiger partial charge in [0.15, 0.2) is 11.0 Å². The van der Waals surface area contributed by atoms with Gasteiger partial charge in [0.05, 0.1) is 10.6 Å². The van der Waals surface area contributed by atoms with Crippen LogP contribution in [-0.2, 0) is 5.75 Å². The van der Waals surface area contributed by atoms with E-state index >= 15 is 0 Å². The molecule has 0 saturated heterocycles. The Kier molecular flexibility index (Phi) is 3.04.